The van der Waals surface area contributed by atoms with Crippen LogP contribution in [-0.2, 0) is 9.59 Å². The molecule has 1 fully saturated rings. The van der Waals surface area contributed by atoms with E-state index in [1.807, 2.05) is 20.8 Å². The standard InChI is InChI=1S/C27H27NO6/c1-15(2)33-21-12-10-18(13-16(21)3)25(29)23-24(22-11-9-17(4)34-22)28(27(31)26(23)30)19-7-6-8-20(14-19)32-5/h6-15,24,29H,1-5H3/b25-23-. The minimum absolute atomic E-state index is 0.00599. The van der Waals surface area contributed by atoms with Crippen LogP contribution in [0.15, 0.2) is 64.6 Å². The number of anilines is 1. The van der Waals surface area contributed by atoms with E-state index in [2.05, 4.69) is 0 Å². The van der Waals surface area contributed by atoms with E-state index in [1.54, 1.807) is 61.5 Å². The van der Waals surface area contributed by atoms with Gasteiger partial charge in [-0.15, -0.1) is 0 Å². The highest BCUT2D eigenvalue weighted by Gasteiger charge is 2.48. The highest BCUT2D eigenvalue weighted by Crippen LogP contribution is 2.43. The van der Waals surface area contributed by atoms with E-state index in [0.717, 1.165) is 5.56 Å². The molecule has 1 unspecified atom stereocenters. The van der Waals surface area contributed by atoms with Gasteiger partial charge >= 0.3 is 0 Å². The van der Waals surface area contributed by atoms with Crippen LogP contribution in [0.2, 0.25) is 0 Å². The van der Waals surface area contributed by atoms with E-state index in [4.69, 9.17) is 13.9 Å². The highest BCUT2D eigenvalue weighted by atomic mass is 16.5. The van der Waals surface area contributed by atoms with E-state index in [1.165, 1.54) is 12.0 Å². The molecule has 1 aromatic heterocycles. The van der Waals surface area contributed by atoms with E-state index < -0.39 is 17.7 Å². The number of Topliss-reactive ketones (excluding diaryl/α,β-unsaturated/α-hetero) is 1. The zero-order chi connectivity index (χ0) is 24.6. The van der Waals surface area contributed by atoms with Crippen LogP contribution >= 0.6 is 0 Å². The van der Waals surface area contributed by atoms with E-state index in [0.29, 0.717) is 34.3 Å². The van der Waals surface area contributed by atoms with Crippen LogP contribution in [0.3, 0.4) is 0 Å². The lowest BCUT2D eigenvalue weighted by Crippen LogP contribution is -2.29. The largest absolute Gasteiger partial charge is 0.507 e. The molecule has 0 spiro atoms. The van der Waals surface area contributed by atoms with Crippen LogP contribution in [0, 0.1) is 13.8 Å². The van der Waals surface area contributed by atoms with Crippen molar-refractivity contribution in [3.63, 3.8) is 0 Å². The fraction of sp³-hybridized carbons (Fsp3) is 0.259. The first-order chi connectivity index (χ1) is 16.2. The molecule has 7 nitrogen and oxygen atoms in total. The average molecular weight is 462 g/mol. The highest BCUT2D eigenvalue weighted by molar-refractivity contribution is 6.51. The SMILES string of the molecule is COc1cccc(N2C(=O)C(=O)/C(=C(\O)c3ccc(OC(C)C)c(C)c3)C2c2ccc(C)o2)c1. The lowest BCUT2D eigenvalue weighted by Gasteiger charge is -2.24. The number of aryl methyl sites for hydroxylation is 2. The molecule has 0 radical (unpaired) electrons. The number of nitrogens with zero attached hydrogens (tertiary/aromatic N) is 1. The number of ketones is 1. The van der Waals surface area contributed by atoms with Crippen molar-refractivity contribution in [2.75, 3.05) is 12.0 Å². The number of aliphatic hydroxyl groups is 1. The van der Waals surface area contributed by atoms with Crippen molar-refractivity contribution in [2.24, 2.45) is 0 Å². The average Bonchev–Trinajstić information content (AvgIpc) is 3.35. The van der Waals surface area contributed by atoms with Crippen LogP contribution in [0.4, 0.5) is 5.69 Å². The van der Waals surface area contributed by atoms with Crippen molar-refractivity contribution in [3.05, 3.63) is 82.8 Å². The molecule has 176 valence electrons. The molecular weight excluding hydrogens is 434 g/mol. The zero-order valence-electron chi connectivity index (χ0n) is 19.8. The molecule has 2 aromatic carbocycles. The van der Waals surface area contributed by atoms with Crippen molar-refractivity contribution < 1.29 is 28.6 Å². The Morgan fingerprint density at radius 1 is 1.06 bits per heavy atom. The van der Waals surface area contributed by atoms with Crippen molar-refractivity contribution in [3.8, 4) is 11.5 Å². The number of hydrogen-bond donors (Lipinski definition) is 1. The minimum Gasteiger partial charge on any atom is -0.507 e. The molecule has 7 heteroatoms. The Kier molecular flexibility index (Phi) is 6.20. The second-order valence-electron chi connectivity index (χ2n) is 8.47. The Morgan fingerprint density at radius 3 is 2.44 bits per heavy atom. The minimum atomic E-state index is -0.937. The predicted octanol–water partition coefficient (Wildman–Crippen LogP) is 5.32. The fourth-order valence-corrected chi connectivity index (χ4v) is 4.07. The van der Waals surface area contributed by atoms with Gasteiger partial charge in [-0.25, -0.2) is 0 Å². The van der Waals surface area contributed by atoms with Gasteiger partial charge in [0.05, 0.1) is 18.8 Å². The number of rotatable bonds is 6. The fourth-order valence-electron chi connectivity index (χ4n) is 4.07. The maximum Gasteiger partial charge on any atom is 0.300 e. The Hall–Kier alpha value is -4.00. The zero-order valence-corrected chi connectivity index (χ0v) is 19.8. The maximum absolute atomic E-state index is 13.2. The van der Waals surface area contributed by atoms with E-state index in [9.17, 15) is 14.7 Å². The molecule has 34 heavy (non-hydrogen) atoms. The molecule has 0 bridgehead atoms. The number of benzene rings is 2. The van der Waals surface area contributed by atoms with Gasteiger partial charge in [0.2, 0.25) is 0 Å². The van der Waals surface area contributed by atoms with Crippen molar-refractivity contribution in [2.45, 2.75) is 39.8 Å². The van der Waals surface area contributed by atoms with Crippen molar-refractivity contribution >= 4 is 23.1 Å². The maximum atomic E-state index is 13.2. The van der Waals surface area contributed by atoms with Crippen LogP contribution in [0.1, 0.15) is 42.5 Å². The van der Waals surface area contributed by atoms with Crippen LogP contribution in [0.25, 0.3) is 5.76 Å². The third-order valence-electron chi connectivity index (χ3n) is 5.62. The summed E-state index contributed by atoms with van der Waals surface area (Å²) in [6, 6.07) is 14.5. The van der Waals surface area contributed by atoms with Crippen LogP contribution in [-0.4, -0.2) is 30.0 Å². The molecule has 0 saturated carbocycles. The van der Waals surface area contributed by atoms with Gasteiger partial charge in [-0.05, 0) is 75.7 Å². The number of furan rings is 1. The third-order valence-corrected chi connectivity index (χ3v) is 5.62. The molecule has 1 aliphatic rings. The molecule has 0 aliphatic carbocycles. The van der Waals surface area contributed by atoms with Crippen molar-refractivity contribution in [1.82, 2.24) is 0 Å². The van der Waals surface area contributed by atoms with Gasteiger partial charge in [-0.2, -0.15) is 0 Å². The van der Waals surface area contributed by atoms with Gasteiger partial charge < -0.3 is 19.0 Å². The number of ether oxygens (including phenoxy) is 2. The summed E-state index contributed by atoms with van der Waals surface area (Å²) >= 11 is 0. The quantitative estimate of drug-likeness (QED) is 0.304. The number of aliphatic hydroxyl groups excluding tert-OH is 1. The first-order valence-corrected chi connectivity index (χ1v) is 11.0. The number of hydrogen-bond acceptors (Lipinski definition) is 6. The molecule has 1 saturated heterocycles. The summed E-state index contributed by atoms with van der Waals surface area (Å²) in [7, 11) is 1.52. The van der Waals surface area contributed by atoms with Crippen LogP contribution < -0.4 is 14.4 Å². The van der Waals surface area contributed by atoms with Crippen molar-refractivity contribution in [1.29, 1.82) is 0 Å². The predicted molar refractivity (Wildman–Crippen MR) is 128 cm³/mol. The Balaban J connectivity index is 1.88. The second-order valence-corrected chi connectivity index (χ2v) is 8.47. The number of methoxy groups -OCH3 is 1. The van der Waals surface area contributed by atoms with Gasteiger partial charge in [0.25, 0.3) is 11.7 Å². The molecule has 4 rings (SSSR count). The van der Waals surface area contributed by atoms with Gasteiger partial charge in [-0.1, -0.05) is 6.07 Å². The summed E-state index contributed by atoms with van der Waals surface area (Å²) in [4.78, 5) is 27.8. The Morgan fingerprint density at radius 2 is 1.82 bits per heavy atom. The molecule has 1 atom stereocenters. The van der Waals surface area contributed by atoms with E-state index >= 15 is 0 Å². The monoisotopic (exact) mass is 461 g/mol. The molecule has 2 heterocycles. The summed E-state index contributed by atoms with van der Waals surface area (Å²) in [6.45, 7) is 7.49. The number of carbonyl (C=O) groups is 2. The molecule has 1 N–H and O–H groups in total. The van der Waals surface area contributed by atoms with E-state index in [-0.39, 0.29) is 17.4 Å². The Labute approximate surface area is 198 Å². The summed E-state index contributed by atoms with van der Waals surface area (Å²) in [6.07, 6.45) is -0.00599. The summed E-state index contributed by atoms with van der Waals surface area (Å²) in [5, 5.41) is 11.3. The summed E-state index contributed by atoms with van der Waals surface area (Å²) < 4.78 is 16.9. The first-order valence-electron chi connectivity index (χ1n) is 11.0. The van der Waals surface area contributed by atoms with Crippen LogP contribution in [0.5, 0.6) is 11.5 Å². The summed E-state index contributed by atoms with van der Waals surface area (Å²) in [5.74, 6) is 0.383. The molecule has 1 amide bonds. The van der Waals surface area contributed by atoms with Gasteiger partial charge in [0.1, 0.15) is 34.8 Å². The van der Waals surface area contributed by atoms with Gasteiger partial charge in [0, 0.05) is 17.3 Å². The molecule has 3 aromatic rings. The smallest absolute Gasteiger partial charge is 0.300 e. The number of amides is 1. The Bertz CT molecular complexity index is 1290. The third kappa shape index (κ3) is 4.17. The number of carbonyl (C=O) groups excluding carboxylic acids is 2. The van der Waals surface area contributed by atoms with Gasteiger partial charge in [-0.3, -0.25) is 14.5 Å². The molecule has 1 aliphatic heterocycles. The lowest BCUT2D eigenvalue weighted by atomic mass is 9.98. The van der Waals surface area contributed by atoms with Gasteiger partial charge in [0.15, 0.2) is 0 Å². The normalized spacial score (nSPS) is 17.5. The first kappa shape index (κ1) is 23.2. The second kappa shape index (κ2) is 9.09. The lowest BCUT2D eigenvalue weighted by molar-refractivity contribution is -0.132. The summed E-state index contributed by atoms with van der Waals surface area (Å²) in [5.41, 5.74) is 1.62. The topological polar surface area (TPSA) is 89.2 Å². The molecular formula is C27H27NO6.